The summed E-state index contributed by atoms with van der Waals surface area (Å²) in [6.45, 7) is 7.27. The zero-order valence-corrected chi connectivity index (χ0v) is 30.3. The summed E-state index contributed by atoms with van der Waals surface area (Å²) in [6, 6.07) is 57.6. The van der Waals surface area contributed by atoms with Crippen molar-refractivity contribution >= 4 is 27.6 Å². The minimum absolute atomic E-state index is 0.535. The number of fused-ring (bicyclic) bond motifs is 3. The van der Waals surface area contributed by atoms with E-state index in [9.17, 15) is 0 Å². The van der Waals surface area contributed by atoms with Crippen molar-refractivity contribution in [3.63, 3.8) is 0 Å². The van der Waals surface area contributed by atoms with Gasteiger partial charge in [-0.1, -0.05) is 158 Å². The third kappa shape index (κ3) is 6.45. The van der Waals surface area contributed by atoms with Crippen LogP contribution < -0.4 is 0 Å². The highest BCUT2D eigenvalue weighted by Gasteiger charge is 2.19. The second-order valence-corrected chi connectivity index (χ2v) is 13.4. The van der Waals surface area contributed by atoms with Crippen LogP contribution in [0.15, 0.2) is 180 Å². The van der Waals surface area contributed by atoms with Crippen LogP contribution in [0.1, 0.15) is 0 Å². The average molecular weight is 732 g/mol. The molecule has 10 aromatic rings. The second kappa shape index (κ2) is 14.3. The summed E-state index contributed by atoms with van der Waals surface area (Å²) in [6.07, 6.45) is 0. The number of hydrogen-bond donors (Lipinski definition) is 0. The molecule has 0 aliphatic heterocycles. The second-order valence-electron chi connectivity index (χ2n) is 13.4. The molecule has 0 aliphatic rings. The van der Waals surface area contributed by atoms with Gasteiger partial charge in [-0.25, -0.2) is 34.7 Å². The Morgan fingerprint density at radius 2 is 0.772 bits per heavy atom. The monoisotopic (exact) mass is 731 g/mol. The lowest BCUT2D eigenvalue weighted by Gasteiger charge is -2.10. The molecule has 0 spiro atoms. The molecule has 266 valence electrons. The van der Waals surface area contributed by atoms with Crippen LogP contribution in [0.2, 0.25) is 0 Å². The molecule has 8 nitrogen and oxygen atoms in total. The van der Waals surface area contributed by atoms with E-state index in [0.29, 0.717) is 51.8 Å². The summed E-state index contributed by atoms with van der Waals surface area (Å²) in [5.74, 6) is 3.39. The Hall–Kier alpha value is -8.15. The van der Waals surface area contributed by atoms with Crippen molar-refractivity contribution < 1.29 is 4.42 Å². The first-order valence-electron chi connectivity index (χ1n) is 18.4. The maximum atomic E-state index is 7.27. The van der Waals surface area contributed by atoms with Crippen molar-refractivity contribution in [1.29, 1.82) is 0 Å². The Kier molecular flexibility index (Phi) is 8.36. The Bertz CT molecular complexity index is 3050. The summed E-state index contributed by atoms with van der Waals surface area (Å²) < 4.78 is 6.55. The summed E-state index contributed by atoms with van der Waals surface area (Å²) in [5, 5.41) is 1.82. The summed E-state index contributed by atoms with van der Waals surface area (Å²) in [5.41, 5.74) is 9.26. The van der Waals surface area contributed by atoms with Crippen LogP contribution in [-0.4, -0.2) is 29.9 Å². The smallest absolute Gasteiger partial charge is 0.187 e. The molecule has 0 saturated carbocycles. The standard InChI is InChI=1S/C49H29N7O/c1-50-38-27-24-32(25-28-38)31-20-22-36(23-21-31)47-52-46(35-16-9-4-10-17-35)55-49(56-47)40-18-11-19-41-43(40)39-29-26-37(30-42(39)57-41)48-53-44(33-12-5-2-6-13-33)51-45(54-48)34-14-7-3-8-15-34/h2-30H. The molecule has 0 amide bonds. The van der Waals surface area contributed by atoms with Gasteiger partial charge in [-0.3, -0.25) is 0 Å². The van der Waals surface area contributed by atoms with Crippen molar-refractivity contribution in [3.05, 3.63) is 187 Å². The highest BCUT2D eigenvalue weighted by atomic mass is 16.3. The molecule has 3 heterocycles. The first-order valence-corrected chi connectivity index (χ1v) is 18.4. The Morgan fingerprint density at radius 1 is 0.351 bits per heavy atom. The zero-order valence-electron chi connectivity index (χ0n) is 30.3. The molecule has 0 aliphatic carbocycles. The molecule has 57 heavy (non-hydrogen) atoms. The molecular formula is C49H29N7O. The van der Waals surface area contributed by atoms with Gasteiger partial charge in [0.25, 0.3) is 0 Å². The van der Waals surface area contributed by atoms with E-state index < -0.39 is 0 Å². The van der Waals surface area contributed by atoms with Gasteiger partial charge in [-0.2, -0.15) is 0 Å². The molecule has 0 unspecified atom stereocenters. The van der Waals surface area contributed by atoms with E-state index >= 15 is 0 Å². The average Bonchev–Trinajstić information content (AvgIpc) is 3.68. The van der Waals surface area contributed by atoms with Crippen LogP contribution in [-0.2, 0) is 0 Å². The van der Waals surface area contributed by atoms with Gasteiger partial charge in [0, 0.05) is 44.2 Å². The molecule has 0 bridgehead atoms. The maximum Gasteiger partial charge on any atom is 0.187 e. The van der Waals surface area contributed by atoms with Crippen LogP contribution >= 0.6 is 0 Å². The van der Waals surface area contributed by atoms with E-state index in [4.69, 9.17) is 40.9 Å². The van der Waals surface area contributed by atoms with Gasteiger partial charge in [0.2, 0.25) is 0 Å². The predicted octanol–water partition coefficient (Wildman–Crippen LogP) is 12.2. The molecule has 10 rings (SSSR count). The zero-order chi connectivity index (χ0) is 38.1. The number of rotatable bonds is 7. The third-order valence-corrected chi connectivity index (χ3v) is 9.84. The Balaban J connectivity index is 1.09. The van der Waals surface area contributed by atoms with Crippen LogP contribution in [0.4, 0.5) is 5.69 Å². The number of nitrogens with zero attached hydrogens (tertiary/aromatic N) is 7. The van der Waals surface area contributed by atoms with Gasteiger partial charge in [0.05, 0.1) is 6.57 Å². The van der Waals surface area contributed by atoms with Crippen molar-refractivity contribution in [2.75, 3.05) is 0 Å². The summed E-state index contributed by atoms with van der Waals surface area (Å²) in [4.78, 5) is 33.3. The van der Waals surface area contributed by atoms with Crippen LogP contribution in [0, 0.1) is 6.57 Å². The van der Waals surface area contributed by atoms with Gasteiger partial charge in [-0.05, 0) is 29.3 Å². The van der Waals surface area contributed by atoms with E-state index in [1.54, 1.807) is 0 Å². The lowest BCUT2D eigenvalue weighted by Crippen LogP contribution is -2.00. The fourth-order valence-electron chi connectivity index (χ4n) is 6.97. The molecular weight excluding hydrogens is 703 g/mol. The number of benzene rings is 7. The molecule has 0 N–H and O–H groups in total. The van der Waals surface area contributed by atoms with Crippen molar-refractivity contribution in [1.82, 2.24) is 29.9 Å². The molecule has 0 saturated heterocycles. The van der Waals surface area contributed by atoms with E-state index in [1.165, 1.54) is 0 Å². The van der Waals surface area contributed by atoms with Crippen LogP contribution in [0.5, 0.6) is 0 Å². The van der Waals surface area contributed by atoms with E-state index in [2.05, 4.69) is 10.9 Å². The van der Waals surface area contributed by atoms with Crippen molar-refractivity contribution in [2.45, 2.75) is 0 Å². The van der Waals surface area contributed by atoms with Crippen molar-refractivity contribution in [2.24, 2.45) is 0 Å². The fraction of sp³-hybridized carbons (Fsp3) is 0. The van der Waals surface area contributed by atoms with Gasteiger partial charge in [0.1, 0.15) is 11.2 Å². The van der Waals surface area contributed by atoms with Crippen LogP contribution in [0.3, 0.4) is 0 Å². The largest absolute Gasteiger partial charge is 0.456 e. The lowest BCUT2D eigenvalue weighted by molar-refractivity contribution is 0.669. The predicted molar refractivity (Wildman–Crippen MR) is 225 cm³/mol. The van der Waals surface area contributed by atoms with Gasteiger partial charge >= 0.3 is 0 Å². The molecule has 0 atom stereocenters. The molecule has 3 aromatic heterocycles. The van der Waals surface area contributed by atoms with E-state index in [0.717, 1.165) is 55.3 Å². The lowest BCUT2D eigenvalue weighted by atomic mass is 10.0. The first kappa shape index (κ1) is 33.4. The summed E-state index contributed by atoms with van der Waals surface area (Å²) in [7, 11) is 0. The maximum absolute atomic E-state index is 7.27. The number of aromatic nitrogens is 6. The minimum Gasteiger partial charge on any atom is -0.456 e. The van der Waals surface area contributed by atoms with Crippen molar-refractivity contribution in [3.8, 4) is 79.5 Å². The Morgan fingerprint density at radius 3 is 1.28 bits per heavy atom. The molecule has 7 aromatic carbocycles. The first-order chi connectivity index (χ1) is 28.2. The summed E-state index contributed by atoms with van der Waals surface area (Å²) >= 11 is 0. The molecule has 0 radical (unpaired) electrons. The third-order valence-electron chi connectivity index (χ3n) is 9.84. The highest BCUT2D eigenvalue weighted by Crippen LogP contribution is 2.38. The quantitative estimate of drug-likeness (QED) is 0.151. The van der Waals surface area contributed by atoms with Gasteiger partial charge in [0.15, 0.2) is 40.6 Å². The number of furan rings is 1. The fourth-order valence-corrected chi connectivity index (χ4v) is 6.97. The van der Waals surface area contributed by atoms with E-state index in [-0.39, 0.29) is 0 Å². The normalized spacial score (nSPS) is 11.1. The highest BCUT2D eigenvalue weighted by molar-refractivity contribution is 6.12. The molecule has 8 heteroatoms. The minimum atomic E-state index is 0.535. The number of hydrogen-bond acceptors (Lipinski definition) is 7. The van der Waals surface area contributed by atoms with Crippen LogP contribution in [0.25, 0.3) is 106 Å². The Labute approximate surface area is 327 Å². The topological polar surface area (TPSA) is 94.8 Å². The van der Waals surface area contributed by atoms with E-state index in [1.807, 2.05) is 170 Å². The SMILES string of the molecule is [C-]#[N+]c1ccc(-c2ccc(-c3nc(-c4ccccc4)nc(-c4cccc5oc6cc(-c7nc(-c8ccccc8)nc(-c8ccccc8)n7)ccc6c45)n3)cc2)cc1. The van der Waals surface area contributed by atoms with Gasteiger partial charge < -0.3 is 4.42 Å². The molecule has 0 fully saturated rings. The van der Waals surface area contributed by atoms with Gasteiger partial charge in [-0.15, -0.1) is 0 Å².